The number of ether oxygens (including phenoxy) is 1. The van der Waals surface area contributed by atoms with E-state index in [9.17, 15) is 4.79 Å². The van der Waals surface area contributed by atoms with Crippen LogP contribution in [0, 0.1) is 0 Å². The van der Waals surface area contributed by atoms with Gasteiger partial charge in [0.15, 0.2) is 0 Å². The van der Waals surface area contributed by atoms with Crippen LogP contribution in [-0.2, 0) is 4.79 Å². The fraction of sp³-hybridized carbons (Fsp3) is 0.214. The number of methoxy groups -OCH3 is 1. The average Bonchev–Trinajstić information content (AvgIpc) is 2.36. The molecule has 0 spiro atoms. The molecule has 0 fully saturated rings. The zero-order valence-corrected chi connectivity index (χ0v) is 12.7. The minimum Gasteiger partial charge on any atom is -1.00 e. The Hall–Kier alpha value is -0.770. The molecule has 2 aromatic carbocycles. The summed E-state index contributed by atoms with van der Waals surface area (Å²) in [4.78, 5) is 10.9. The molecule has 1 N–H and O–H groups in total. The van der Waals surface area contributed by atoms with Gasteiger partial charge in [0.1, 0.15) is 5.75 Å². The Labute approximate surface area is 139 Å². The van der Waals surface area contributed by atoms with Crippen molar-refractivity contribution in [3.8, 4) is 5.75 Å². The van der Waals surface area contributed by atoms with Gasteiger partial charge >= 0.3 is 43.7 Å². The van der Waals surface area contributed by atoms with Gasteiger partial charge in [-0.25, -0.2) is 0 Å². The van der Waals surface area contributed by atoms with Crippen LogP contribution < -0.4 is 4.74 Å². The molecule has 1 unspecified atom stereocenters. The van der Waals surface area contributed by atoms with E-state index in [-0.39, 0.29) is 40.6 Å². The van der Waals surface area contributed by atoms with E-state index in [1.165, 1.54) is 0 Å². The predicted molar refractivity (Wildman–Crippen MR) is 74.5 cm³/mol. The molecule has 0 amide bonds. The number of carbonyl (C=O) groups is 1. The van der Waals surface area contributed by atoms with Crippen LogP contribution in [0.1, 0.15) is 21.3 Å². The van der Waals surface area contributed by atoms with Crippen LogP contribution in [0.4, 0.5) is 0 Å². The van der Waals surface area contributed by atoms with Gasteiger partial charge in [-0.1, -0.05) is 24.3 Å². The third-order valence-corrected chi connectivity index (χ3v) is 2.94. The molecule has 0 aliphatic carbocycles. The second-order valence-electron chi connectivity index (χ2n) is 4.03. The van der Waals surface area contributed by atoms with E-state index in [4.69, 9.17) is 9.84 Å². The van der Waals surface area contributed by atoms with E-state index in [1.807, 2.05) is 36.4 Å². The summed E-state index contributed by atoms with van der Waals surface area (Å²) < 4.78 is 5.14. The number of hydrogen-bond acceptors (Lipinski definition) is 2. The minimum absolute atomic E-state index is 0. The van der Waals surface area contributed by atoms with Gasteiger partial charge in [-0.3, -0.25) is 4.79 Å². The Morgan fingerprint density at radius 1 is 1.22 bits per heavy atom. The average molecular weight is 272 g/mol. The van der Waals surface area contributed by atoms with E-state index in [2.05, 4.69) is 0 Å². The van der Waals surface area contributed by atoms with E-state index in [1.54, 1.807) is 14.0 Å². The van der Waals surface area contributed by atoms with Gasteiger partial charge in [0.2, 0.25) is 0 Å². The number of carboxylic acids is 1. The molecule has 1 atom stereocenters. The molecule has 4 heteroatoms. The number of rotatable bonds is 3. The number of benzene rings is 2. The molecule has 0 aliphatic heterocycles. The van der Waals surface area contributed by atoms with Crippen molar-refractivity contribution >= 4 is 54.5 Å². The Kier molecular flexibility index (Phi) is 5.45. The Bertz CT molecular complexity index is 575. The normalized spacial score (nSPS) is 11.7. The predicted octanol–water partition coefficient (Wildman–Crippen LogP) is 2.88. The van der Waals surface area contributed by atoms with Crippen LogP contribution in [0.15, 0.2) is 36.4 Å². The SMILES string of the molecule is COc1ccc2cc(C(C)C(=O)O)ccc2c1.[Ca+2].[H-].[H-]. The maximum absolute atomic E-state index is 10.9. The molecule has 0 heterocycles. The fourth-order valence-electron chi connectivity index (χ4n) is 1.78. The molecule has 0 radical (unpaired) electrons. The summed E-state index contributed by atoms with van der Waals surface area (Å²) in [6.07, 6.45) is 0. The van der Waals surface area contributed by atoms with E-state index < -0.39 is 11.9 Å². The largest absolute Gasteiger partial charge is 2.00 e. The molecule has 0 aromatic heterocycles. The molecule has 0 aliphatic rings. The van der Waals surface area contributed by atoms with Crippen LogP contribution >= 0.6 is 0 Å². The summed E-state index contributed by atoms with van der Waals surface area (Å²) in [5.41, 5.74) is 0.815. The number of hydrogen-bond donors (Lipinski definition) is 1. The van der Waals surface area contributed by atoms with Crippen molar-refractivity contribution < 1.29 is 17.5 Å². The Morgan fingerprint density at radius 2 is 1.83 bits per heavy atom. The maximum Gasteiger partial charge on any atom is 2.00 e. The summed E-state index contributed by atoms with van der Waals surface area (Å²) in [5, 5.41) is 11.0. The third-order valence-electron chi connectivity index (χ3n) is 2.94. The molecule has 3 nitrogen and oxygen atoms in total. The summed E-state index contributed by atoms with van der Waals surface area (Å²) in [5.74, 6) is -0.490. The summed E-state index contributed by atoms with van der Waals surface area (Å²) >= 11 is 0. The first-order valence-corrected chi connectivity index (χ1v) is 5.42. The fourth-order valence-corrected chi connectivity index (χ4v) is 1.78. The molecule has 0 saturated heterocycles. The molecular formula is C14H16CaO3. The van der Waals surface area contributed by atoms with Crippen LogP contribution in [0.2, 0.25) is 0 Å². The molecule has 2 rings (SSSR count). The van der Waals surface area contributed by atoms with E-state index in [0.717, 1.165) is 22.1 Å². The quantitative estimate of drug-likeness (QED) is 0.874. The van der Waals surface area contributed by atoms with Crippen molar-refractivity contribution in [2.75, 3.05) is 7.11 Å². The zero-order chi connectivity index (χ0) is 12.4. The van der Waals surface area contributed by atoms with Gasteiger partial charge in [0, 0.05) is 0 Å². The van der Waals surface area contributed by atoms with E-state index >= 15 is 0 Å². The van der Waals surface area contributed by atoms with Gasteiger partial charge in [-0.05, 0) is 35.4 Å². The molecule has 2 aromatic rings. The van der Waals surface area contributed by atoms with E-state index in [0.29, 0.717) is 0 Å². The molecule has 18 heavy (non-hydrogen) atoms. The standard InChI is InChI=1S/C14H14O3.Ca.2H/c1-9(14(15)16)10-3-4-12-8-13(17-2)6-5-11(12)7-10;;;/h3-9H,1-2H3,(H,15,16);;;/q;+2;2*-1. The van der Waals surface area contributed by atoms with Crippen LogP contribution in [0.5, 0.6) is 5.75 Å². The van der Waals surface area contributed by atoms with Gasteiger partial charge < -0.3 is 12.7 Å². The Balaban J connectivity index is 0. The summed E-state index contributed by atoms with van der Waals surface area (Å²) in [6.45, 7) is 1.69. The first kappa shape index (κ1) is 15.3. The van der Waals surface area contributed by atoms with Crippen LogP contribution in [-0.4, -0.2) is 55.9 Å². The van der Waals surface area contributed by atoms with Crippen molar-refractivity contribution in [2.45, 2.75) is 12.8 Å². The van der Waals surface area contributed by atoms with Gasteiger partial charge in [-0.15, -0.1) is 0 Å². The second kappa shape index (κ2) is 6.41. The van der Waals surface area contributed by atoms with Crippen molar-refractivity contribution in [1.29, 1.82) is 0 Å². The first-order chi connectivity index (χ1) is 8.11. The maximum atomic E-state index is 10.9. The van der Waals surface area contributed by atoms with Gasteiger partial charge in [0.05, 0.1) is 13.0 Å². The molecule has 0 saturated carbocycles. The number of fused-ring (bicyclic) bond motifs is 1. The summed E-state index contributed by atoms with van der Waals surface area (Å²) in [6, 6.07) is 11.4. The molecule has 92 valence electrons. The van der Waals surface area contributed by atoms with Gasteiger partial charge in [0.25, 0.3) is 0 Å². The van der Waals surface area contributed by atoms with Gasteiger partial charge in [-0.2, -0.15) is 0 Å². The molecule has 0 bridgehead atoms. The molecular weight excluding hydrogens is 256 g/mol. The van der Waals surface area contributed by atoms with Crippen molar-refractivity contribution in [2.24, 2.45) is 0 Å². The Morgan fingerprint density at radius 3 is 2.44 bits per heavy atom. The number of aliphatic carboxylic acids is 1. The first-order valence-electron chi connectivity index (χ1n) is 5.42. The third kappa shape index (κ3) is 3.16. The summed E-state index contributed by atoms with van der Waals surface area (Å²) in [7, 11) is 1.63. The van der Waals surface area contributed by atoms with Crippen molar-refractivity contribution in [1.82, 2.24) is 0 Å². The number of carboxylic acid groups (broad SMARTS) is 1. The monoisotopic (exact) mass is 272 g/mol. The topological polar surface area (TPSA) is 46.5 Å². The van der Waals surface area contributed by atoms with Crippen LogP contribution in [0.3, 0.4) is 0 Å². The zero-order valence-electron chi connectivity index (χ0n) is 12.5. The second-order valence-corrected chi connectivity index (χ2v) is 4.03. The van der Waals surface area contributed by atoms with Crippen molar-refractivity contribution in [3.63, 3.8) is 0 Å². The minimum atomic E-state index is -0.808. The van der Waals surface area contributed by atoms with Crippen molar-refractivity contribution in [3.05, 3.63) is 42.0 Å². The van der Waals surface area contributed by atoms with Crippen LogP contribution in [0.25, 0.3) is 10.8 Å². The smallest absolute Gasteiger partial charge is 1.00 e.